The van der Waals surface area contributed by atoms with Crippen molar-refractivity contribution in [2.45, 2.75) is 30.5 Å². The van der Waals surface area contributed by atoms with E-state index in [0.29, 0.717) is 5.75 Å². The van der Waals surface area contributed by atoms with Gasteiger partial charge in [-0.15, -0.1) is 0 Å². The zero-order chi connectivity index (χ0) is 20.7. The number of ether oxygens (including phenoxy) is 2. The normalized spacial score (nSPS) is 12.1. The number of amides is 1. The second kappa shape index (κ2) is 9.36. The monoisotopic (exact) mass is 405 g/mol. The molecular weight excluding hydrogens is 382 g/mol. The minimum Gasteiger partial charge on any atom is -0.497 e. The van der Waals surface area contributed by atoms with Crippen molar-refractivity contribution in [3.8, 4) is 5.75 Å². The SMILES string of the molecule is CCOC(=O)C(C(=O)NCc1ccc(OC)cc1)S(=O)(=O)c1ccc(C)cc1. The number of benzene rings is 2. The van der Waals surface area contributed by atoms with Crippen molar-refractivity contribution in [3.63, 3.8) is 0 Å². The largest absolute Gasteiger partial charge is 0.497 e. The fourth-order valence-electron chi connectivity index (χ4n) is 2.48. The molecule has 0 bridgehead atoms. The van der Waals surface area contributed by atoms with Crippen LogP contribution in [-0.2, 0) is 30.7 Å². The summed E-state index contributed by atoms with van der Waals surface area (Å²) in [5, 5.41) is 0.525. The van der Waals surface area contributed by atoms with Gasteiger partial charge in [-0.05, 0) is 43.7 Å². The van der Waals surface area contributed by atoms with Crippen molar-refractivity contribution in [3.05, 3.63) is 59.7 Å². The highest BCUT2D eigenvalue weighted by atomic mass is 32.2. The lowest BCUT2D eigenvalue weighted by Crippen LogP contribution is -2.45. The minimum absolute atomic E-state index is 0.0372. The molecule has 0 saturated carbocycles. The van der Waals surface area contributed by atoms with Crippen LogP contribution in [0, 0.1) is 6.92 Å². The van der Waals surface area contributed by atoms with E-state index < -0.39 is 27.0 Å². The summed E-state index contributed by atoms with van der Waals surface area (Å²) in [6.45, 7) is 3.37. The Kier molecular flexibility index (Phi) is 7.17. The maximum Gasteiger partial charge on any atom is 0.334 e. The molecule has 0 heterocycles. The summed E-state index contributed by atoms with van der Waals surface area (Å²) < 4.78 is 35.7. The summed E-state index contributed by atoms with van der Waals surface area (Å²) in [7, 11) is -2.72. The predicted molar refractivity (Wildman–Crippen MR) is 104 cm³/mol. The van der Waals surface area contributed by atoms with Gasteiger partial charge in [0.05, 0.1) is 18.6 Å². The number of rotatable bonds is 8. The Morgan fingerprint density at radius 2 is 1.64 bits per heavy atom. The zero-order valence-electron chi connectivity index (χ0n) is 16.0. The number of hydrogen-bond donors (Lipinski definition) is 1. The molecule has 0 aliphatic rings. The Labute approximate surface area is 164 Å². The van der Waals surface area contributed by atoms with Crippen LogP contribution < -0.4 is 10.1 Å². The van der Waals surface area contributed by atoms with Gasteiger partial charge in [0.2, 0.25) is 15.1 Å². The smallest absolute Gasteiger partial charge is 0.334 e. The van der Waals surface area contributed by atoms with Gasteiger partial charge in [-0.3, -0.25) is 9.59 Å². The van der Waals surface area contributed by atoms with Crippen LogP contribution in [0.2, 0.25) is 0 Å². The molecule has 0 aliphatic heterocycles. The van der Waals surface area contributed by atoms with Crippen molar-refractivity contribution in [1.82, 2.24) is 5.32 Å². The summed E-state index contributed by atoms with van der Waals surface area (Å²) in [6, 6.07) is 12.8. The van der Waals surface area contributed by atoms with Crippen LogP contribution in [0.3, 0.4) is 0 Å². The summed E-state index contributed by atoms with van der Waals surface area (Å²) in [6.07, 6.45) is 0. The molecule has 2 aromatic rings. The van der Waals surface area contributed by atoms with Crippen molar-refractivity contribution < 1.29 is 27.5 Å². The molecule has 1 amide bonds. The molecule has 2 aromatic carbocycles. The highest BCUT2D eigenvalue weighted by Crippen LogP contribution is 2.19. The third-order valence-electron chi connectivity index (χ3n) is 4.02. The van der Waals surface area contributed by atoms with Gasteiger partial charge >= 0.3 is 5.97 Å². The number of nitrogens with one attached hydrogen (secondary N) is 1. The Balaban J connectivity index is 2.24. The lowest BCUT2D eigenvalue weighted by atomic mass is 10.2. The lowest BCUT2D eigenvalue weighted by Gasteiger charge is -2.16. The van der Waals surface area contributed by atoms with Crippen molar-refractivity contribution >= 4 is 21.7 Å². The number of hydrogen-bond acceptors (Lipinski definition) is 6. The highest BCUT2D eigenvalue weighted by molar-refractivity contribution is 7.93. The van der Waals surface area contributed by atoms with E-state index in [-0.39, 0.29) is 18.0 Å². The van der Waals surface area contributed by atoms with Gasteiger partial charge in [0.1, 0.15) is 5.75 Å². The summed E-state index contributed by atoms with van der Waals surface area (Å²) in [4.78, 5) is 24.8. The number of carbonyl (C=O) groups is 2. The number of methoxy groups -OCH3 is 1. The molecular formula is C20H23NO6S. The summed E-state index contributed by atoms with van der Waals surface area (Å²) in [5.74, 6) is -1.38. The molecule has 0 radical (unpaired) electrons. The summed E-state index contributed by atoms with van der Waals surface area (Å²) in [5.41, 5.74) is 1.58. The standard InChI is InChI=1S/C20H23NO6S/c1-4-27-20(23)18(28(24,25)17-11-5-14(2)6-12-17)19(22)21-13-15-7-9-16(26-3)10-8-15/h5-12,18H,4,13H2,1-3H3,(H,21,22). The molecule has 1 unspecified atom stereocenters. The van der Waals surface area contributed by atoms with Gasteiger partial charge in [-0.2, -0.15) is 0 Å². The third-order valence-corrected chi connectivity index (χ3v) is 5.98. The lowest BCUT2D eigenvalue weighted by molar-refractivity contribution is -0.145. The van der Waals surface area contributed by atoms with E-state index in [4.69, 9.17) is 9.47 Å². The van der Waals surface area contributed by atoms with Crippen molar-refractivity contribution in [1.29, 1.82) is 0 Å². The third kappa shape index (κ3) is 5.10. The molecule has 0 aliphatic carbocycles. The quantitative estimate of drug-likeness (QED) is 0.533. The van der Waals surface area contributed by atoms with Crippen LogP contribution in [0.1, 0.15) is 18.1 Å². The molecule has 0 fully saturated rings. The Hall–Kier alpha value is -2.87. The molecule has 0 aromatic heterocycles. The molecule has 0 spiro atoms. The Morgan fingerprint density at radius 3 is 2.18 bits per heavy atom. The van der Waals surface area contributed by atoms with Crippen LogP contribution in [0.25, 0.3) is 0 Å². The van der Waals surface area contributed by atoms with Gasteiger partial charge in [0, 0.05) is 6.54 Å². The van der Waals surface area contributed by atoms with E-state index >= 15 is 0 Å². The van der Waals surface area contributed by atoms with Gasteiger partial charge in [0.25, 0.3) is 5.91 Å². The Bertz CT molecular complexity index is 920. The molecule has 1 N–H and O–H groups in total. The van der Waals surface area contributed by atoms with E-state index in [9.17, 15) is 18.0 Å². The van der Waals surface area contributed by atoms with E-state index in [1.54, 1.807) is 50.2 Å². The molecule has 0 saturated heterocycles. The number of sulfone groups is 1. The van der Waals surface area contributed by atoms with Crippen LogP contribution >= 0.6 is 0 Å². The van der Waals surface area contributed by atoms with Gasteiger partial charge in [-0.1, -0.05) is 29.8 Å². The molecule has 150 valence electrons. The average molecular weight is 405 g/mol. The first-order valence-electron chi connectivity index (χ1n) is 8.67. The average Bonchev–Trinajstić information content (AvgIpc) is 2.67. The topological polar surface area (TPSA) is 98.8 Å². The second-order valence-electron chi connectivity index (χ2n) is 6.06. The molecule has 7 nitrogen and oxygen atoms in total. The molecule has 8 heteroatoms. The predicted octanol–water partition coefficient (Wildman–Crippen LogP) is 2.03. The van der Waals surface area contributed by atoms with Crippen LogP contribution in [0.5, 0.6) is 5.75 Å². The Morgan fingerprint density at radius 1 is 1.04 bits per heavy atom. The first-order chi connectivity index (χ1) is 13.3. The maximum atomic E-state index is 12.9. The van der Waals surface area contributed by atoms with Crippen LogP contribution in [0.15, 0.2) is 53.4 Å². The minimum atomic E-state index is -4.26. The van der Waals surface area contributed by atoms with E-state index in [2.05, 4.69) is 5.32 Å². The van der Waals surface area contributed by atoms with Gasteiger partial charge in [-0.25, -0.2) is 8.42 Å². The van der Waals surface area contributed by atoms with E-state index in [1.807, 2.05) is 0 Å². The number of aryl methyl sites for hydroxylation is 1. The molecule has 2 rings (SSSR count). The second-order valence-corrected chi connectivity index (χ2v) is 8.09. The van der Waals surface area contributed by atoms with Gasteiger partial charge < -0.3 is 14.8 Å². The van der Waals surface area contributed by atoms with Gasteiger partial charge in [0.15, 0.2) is 0 Å². The van der Waals surface area contributed by atoms with Crippen LogP contribution in [-0.4, -0.2) is 39.3 Å². The van der Waals surface area contributed by atoms with Crippen molar-refractivity contribution in [2.75, 3.05) is 13.7 Å². The van der Waals surface area contributed by atoms with E-state index in [1.165, 1.54) is 19.2 Å². The molecule has 1 atom stereocenters. The highest BCUT2D eigenvalue weighted by Gasteiger charge is 2.41. The first-order valence-corrected chi connectivity index (χ1v) is 10.2. The maximum absolute atomic E-state index is 12.9. The summed E-state index contributed by atoms with van der Waals surface area (Å²) >= 11 is 0. The fourth-order valence-corrected chi connectivity index (χ4v) is 3.96. The van der Waals surface area contributed by atoms with Crippen molar-refractivity contribution in [2.24, 2.45) is 0 Å². The number of carbonyl (C=O) groups excluding carboxylic acids is 2. The molecule has 28 heavy (non-hydrogen) atoms. The fraction of sp³-hybridized carbons (Fsp3) is 0.300. The van der Waals surface area contributed by atoms with Crippen LogP contribution in [0.4, 0.5) is 0 Å². The first kappa shape index (κ1) is 21.4. The van der Waals surface area contributed by atoms with E-state index in [0.717, 1.165) is 11.1 Å². The zero-order valence-corrected chi connectivity index (χ0v) is 16.8. The number of esters is 1.